The topological polar surface area (TPSA) is 48.0 Å². The van der Waals surface area contributed by atoms with Crippen molar-refractivity contribution in [2.45, 2.75) is 6.54 Å². The third-order valence-corrected chi connectivity index (χ3v) is 3.33. The first-order valence-corrected chi connectivity index (χ1v) is 6.59. The van der Waals surface area contributed by atoms with Crippen LogP contribution in [0.2, 0.25) is 5.02 Å². The highest BCUT2D eigenvalue weighted by Crippen LogP contribution is 2.20. The lowest BCUT2D eigenvalue weighted by Crippen LogP contribution is -2.17. The highest BCUT2D eigenvalue weighted by Gasteiger charge is 2.14. The van der Waals surface area contributed by atoms with Gasteiger partial charge in [0.05, 0.1) is 6.54 Å². The number of halogens is 2. The number of aromatic nitrogens is 2. The van der Waals surface area contributed by atoms with Gasteiger partial charge in [0.2, 0.25) is 0 Å². The van der Waals surface area contributed by atoms with Crippen LogP contribution in [0.25, 0.3) is 11.4 Å². The van der Waals surface area contributed by atoms with Gasteiger partial charge in [-0.3, -0.25) is 9.09 Å². The van der Waals surface area contributed by atoms with E-state index < -0.39 is 5.76 Å². The summed E-state index contributed by atoms with van der Waals surface area (Å²) in [6, 6.07) is 13.1. The van der Waals surface area contributed by atoms with Gasteiger partial charge in [-0.05, 0) is 30.3 Å². The zero-order valence-corrected chi connectivity index (χ0v) is 11.5. The minimum Gasteiger partial charge on any atom is -0.295 e. The molecular weight excluding hydrogens is 295 g/mol. The van der Waals surface area contributed by atoms with E-state index in [1.54, 1.807) is 42.5 Å². The maximum atomic E-state index is 13.7. The van der Waals surface area contributed by atoms with Crippen LogP contribution in [-0.4, -0.2) is 9.72 Å². The standard InChI is InChI=1S/C15H10ClFN2O2/c16-12-7-5-10(6-8-12)14-18-21-15(20)19(14)9-11-3-1-2-4-13(11)17/h1-8H,9H2. The fourth-order valence-electron chi connectivity index (χ4n) is 2.01. The normalized spacial score (nSPS) is 10.8. The highest BCUT2D eigenvalue weighted by atomic mass is 35.5. The molecule has 2 aromatic carbocycles. The molecule has 0 saturated carbocycles. The van der Waals surface area contributed by atoms with Crippen molar-refractivity contribution in [2.75, 3.05) is 0 Å². The number of hydrogen-bond donors (Lipinski definition) is 0. The SMILES string of the molecule is O=c1onc(-c2ccc(Cl)cc2)n1Cc1ccccc1F. The Labute approximate surface area is 124 Å². The van der Waals surface area contributed by atoms with E-state index in [1.807, 2.05) is 0 Å². The third-order valence-electron chi connectivity index (χ3n) is 3.07. The van der Waals surface area contributed by atoms with E-state index >= 15 is 0 Å². The van der Waals surface area contributed by atoms with Crippen molar-refractivity contribution >= 4 is 11.6 Å². The molecule has 4 nitrogen and oxygen atoms in total. The van der Waals surface area contributed by atoms with E-state index in [1.165, 1.54) is 10.6 Å². The smallest absolute Gasteiger partial charge is 0.295 e. The Balaban J connectivity index is 2.04. The molecule has 1 aromatic heterocycles. The fraction of sp³-hybridized carbons (Fsp3) is 0.0667. The third kappa shape index (κ3) is 2.73. The first-order valence-electron chi connectivity index (χ1n) is 6.21. The molecule has 0 unspecified atom stereocenters. The molecule has 0 amide bonds. The average Bonchev–Trinajstić information content (AvgIpc) is 2.84. The summed E-state index contributed by atoms with van der Waals surface area (Å²) in [5.41, 5.74) is 1.06. The largest absolute Gasteiger partial charge is 0.442 e. The second-order valence-electron chi connectivity index (χ2n) is 4.46. The second-order valence-corrected chi connectivity index (χ2v) is 4.89. The molecule has 0 atom stereocenters. The zero-order chi connectivity index (χ0) is 14.8. The molecule has 0 bridgehead atoms. The lowest BCUT2D eigenvalue weighted by Gasteiger charge is -2.06. The first-order chi connectivity index (χ1) is 10.1. The van der Waals surface area contributed by atoms with Gasteiger partial charge < -0.3 is 0 Å². The molecule has 3 rings (SSSR count). The monoisotopic (exact) mass is 304 g/mol. The molecule has 0 spiro atoms. The summed E-state index contributed by atoms with van der Waals surface area (Å²) in [5.74, 6) is -0.684. The quantitative estimate of drug-likeness (QED) is 0.745. The Morgan fingerprint density at radius 1 is 1.14 bits per heavy atom. The molecule has 0 saturated heterocycles. The summed E-state index contributed by atoms with van der Waals surface area (Å²) >= 11 is 5.83. The van der Waals surface area contributed by atoms with Crippen LogP contribution in [0.1, 0.15) is 5.56 Å². The van der Waals surface area contributed by atoms with Gasteiger partial charge in [-0.15, -0.1) is 0 Å². The van der Waals surface area contributed by atoms with Crippen LogP contribution >= 0.6 is 11.6 Å². The molecule has 1 heterocycles. The molecular formula is C15H10ClFN2O2. The molecule has 0 aliphatic rings. The maximum absolute atomic E-state index is 13.7. The van der Waals surface area contributed by atoms with Gasteiger partial charge in [0.1, 0.15) is 5.82 Å². The minimum absolute atomic E-state index is 0.0486. The Kier molecular flexibility index (Phi) is 3.58. The first kappa shape index (κ1) is 13.6. The molecule has 0 radical (unpaired) electrons. The van der Waals surface area contributed by atoms with Crippen molar-refractivity contribution < 1.29 is 8.91 Å². The van der Waals surface area contributed by atoms with Gasteiger partial charge in [-0.2, -0.15) is 0 Å². The molecule has 6 heteroatoms. The van der Waals surface area contributed by atoms with Crippen LogP contribution in [0.5, 0.6) is 0 Å². The van der Waals surface area contributed by atoms with Crippen molar-refractivity contribution in [2.24, 2.45) is 0 Å². The average molecular weight is 305 g/mol. The number of nitrogens with zero attached hydrogens (tertiary/aromatic N) is 2. The molecule has 0 N–H and O–H groups in total. The predicted molar refractivity (Wildman–Crippen MR) is 76.7 cm³/mol. The Bertz CT molecular complexity index is 824. The minimum atomic E-state index is -0.636. The van der Waals surface area contributed by atoms with E-state index in [0.29, 0.717) is 22.0 Å². The maximum Gasteiger partial charge on any atom is 0.442 e. The van der Waals surface area contributed by atoms with Crippen molar-refractivity contribution in [3.05, 3.63) is 75.5 Å². The molecule has 0 aliphatic carbocycles. The summed E-state index contributed by atoms with van der Waals surface area (Å²) in [6.07, 6.45) is 0. The van der Waals surface area contributed by atoms with E-state index in [0.717, 1.165) is 0 Å². The molecule has 106 valence electrons. The van der Waals surface area contributed by atoms with Crippen molar-refractivity contribution in [3.63, 3.8) is 0 Å². The fourth-order valence-corrected chi connectivity index (χ4v) is 2.14. The lowest BCUT2D eigenvalue weighted by atomic mass is 10.2. The second kappa shape index (κ2) is 5.54. The van der Waals surface area contributed by atoms with Crippen LogP contribution < -0.4 is 5.76 Å². The van der Waals surface area contributed by atoms with Crippen LogP contribution in [0.15, 0.2) is 57.8 Å². The van der Waals surface area contributed by atoms with Crippen molar-refractivity contribution in [3.8, 4) is 11.4 Å². The van der Waals surface area contributed by atoms with Gasteiger partial charge in [0, 0.05) is 16.1 Å². The molecule has 21 heavy (non-hydrogen) atoms. The van der Waals surface area contributed by atoms with Crippen LogP contribution in [0, 0.1) is 5.82 Å². The number of benzene rings is 2. The molecule has 0 fully saturated rings. The summed E-state index contributed by atoms with van der Waals surface area (Å²) < 4.78 is 19.7. The number of rotatable bonds is 3. The highest BCUT2D eigenvalue weighted by molar-refractivity contribution is 6.30. The van der Waals surface area contributed by atoms with E-state index in [-0.39, 0.29) is 12.4 Å². The van der Waals surface area contributed by atoms with Crippen molar-refractivity contribution in [1.82, 2.24) is 9.72 Å². The van der Waals surface area contributed by atoms with E-state index in [2.05, 4.69) is 5.16 Å². The molecule has 0 aliphatic heterocycles. The predicted octanol–water partition coefficient (Wildman–Crippen LogP) is 3.34. The lowest BCUT2D eigenvalue weighted by molar-refractivity contribution is 0.378. The van der Waals surface area contributed by atoms with E-state index in [9.17, 15) is 9.18 Å². The Hall–Kier alpha value is -2.40. The van der Waals surface area contributed by atoms with Gasteiger partial charge in [0.25, 0.3) is 0 Å². The van der Waals surface area contributed by atoms with Crippen molar-refractivity contribution in [1.29, 1.82) is 0 Å². The summed E-state index contributed by atoms with van der Waals surface area (Å²) in [6.45, 7) is 0.0486. The van der Waals surface area contributed by atoms with Crippen LogP contribution in [0.3, 0.4) is 0 Å². The number of hydrogen-bond acceptors (Lipinski definition) is 3. The zero-order valence-electron chi connectivity index (χ0n) is 10.8. The van der Waals surface area contributed by atoms with Gasteiger partial charge in [0.15, 0.2) is 5.82 Å². The van der Waals surface area contributed by atoms with Gasteiger partial charge >= 0.3 is 5.76 Å². The summed E-state index contributed by atoms with van der Waals surface area (Å²) in [4.78, 5) is 11.8. The Morgan fingerprint density at radius 3 is 2.57 bits per heavy atom. The summed E-state index contributed by atoms with van der Waals surface area (Å²) in [7, 11) is 0. The van der Waals surface area contributed by atoms with E-state index in [4.69, 9.17) is 16.1 Å². The van der Waals surface area contributed by atoms with Crippen LogP contribution in [-0.2, 0) is 6.54 Å². The summed E-state index contributed by atoms with van der Waals surface area (Å²) in [5, 5.41) is 4.33. The Morgan fingerprint density at radius 2 is 1.86 bits per heavy atom. The van der Waals surface area contributed by atoms with Crippen LogP contribution in [0.4, 0.5) is 4.39 Å². The molecule has 3 aromatic rings. The van der Waals surface area contributed by atoms with Gasteiger partial charge in [-0.25, -0.2) is 9.18 Å². The van der Waals surface area contributed by atoms with Gasteiger partial charge in [-0.1, -0.05) is 35.0 Å².